The highest BCUT2D eigenvalue weighted by atomic mass is 19.3. The average Bonchev–Trinajstić information content (AvgIpc) is 3.30. The van der Waals surface area contributed by atoms with Gasteiger partial charge in [-0.3, -0.25) is 4.68 Å². The van der Waals surface area contributed by atoms with Gasteiger partial charge in [0.15, 0.2) is 5.67 Å². The molecule has 0 aliphatic rings. The summed E-state index contributed by atoms with van der Waals surface area (Å²) >= 11 is 0. The first-order chi connectivity index (χ1) is 15.0. The molecule has 9 heteroatoms. The van der Waals surface area contributed by atoms with Crippen molar-refractivity contribution in [1.29, 1.82) is 5.26 Å². The molecule has 0 radical (unpaired) electrons. The van der Waals surface area contributed by atoms with Crippen molar-refractivity contribution in [3.63, 3.8) is 0 Å². The number of hydrogen-bond acceptors (Lipinski definition) is 4. The van der Waals surface area contributed by atoms with E-state index < -0.39 is 18.1 Å². The summed E-state index contributed by atoms with van der Waals surface area (Å²) in [6.45, 7) is 2.71. The summed E-state index contributed by atoms with van der Waals surface area (Å²) in [7, 11) is 1.93. The summed E-state index contributed by atoms with van der Waals surface area (Å²) in [4.78, 5) is 9.02. The molecule has 0 aliphatic carbocycles. The van der Waals surface area contributed by atoms with Gasteiger partial charge in [-0.05, 0) is 38.1 Å². The van der Waals surface area contributed by atoms with E-state index in [2.05, 4.69) is 15.1 Å². The summed E-state index contributed by atoms with van der Waals surface area (Å²) in [5.74, 6) is -2.66. The Bertz CT molecular complexity index is 1350. The van der Waals surface area contributed by atoms with Crippen molar-refractivity contribution in [2.75, 3.05) is 0 Å². The van der Waals surface area contributed by atoms with Crippen molar-refractivity contribution in [2.45, 2.75) is 38.9 Å². The standard InChI is InChI=1S/C23H21F3N6/c1-14-29-19-9-15(5-8-20(19)31(14)4)21-18(7-6-17(10-27)30-21)16-11-28-32(12-16)13-22(2,24)23(3,25)26/h5-9,11-12H,13H2,1-4H3. The molecule has 0 spiro atoms. The molecule has 1 aromatic carbocycles. The van der Waals surface area contributed by atoms with Gasteiger partial charge >= 0.3 is 0 Å². The highest BCUT2D eigenvalue weighted by Crippen LogP contribution is 2.35. The molecule has 4 rings (SSSR count). The average molecular weight is 438 g/mol. The van der Waals surface area contributed by atoms with Crippen molar-refractivity contribution in [3.8, 4) is 28.5 Å². The minimum atomic E-state index is -3.52. The molecule has 6 nitrogen and oxygen atoms in total. The fraction of sp³-hybridized carbons (Fsp3) is 0.304. The normalized spacial score (nSPS) is 13.8. The molecule has 32 heavy (non-hydrogen) atoms. The van der Waals surface area contributed by atoms with Gasteiger partial charge in [0.2, 0.25) is 0 Å². The molecule has 0 fully saturated rings. The number of benzene rings is 1. The van der Waals surface area contributed by atoms with Crippen LogP contribution in [0.5, 0.6) is 0 Å². The predicted octanol–water partition coefficient (Wildman–Crippen LogP) is 5.06. The van der Waals surface area contributed by atoms with Gasteiger partial charge in [0.25, 0.3) is 5.92 Å². The van der Waals surface area contributed by atoms with Gasteiger partial charge in [-0.2, -0.15) is 10.4 Å². The number of imidazole rings is 1. The summed E-state index contributed by atoms with van der Waals surface area (Å²) in [6.07, 6.45) is 2.97. The molecule has 0 saturated carbocycles. The first kappa shape index (κ1) is 21.6. The van der Waals surface area contributed by atoms with Gasteiger partial charge in [0, 0.05) is 36.9 Å². The van der Waals surface area contributed by atoms with Gasteiger partial charge < -0.3 is 4.57 Å². The number of aromatic nitrogens is 5. The maximum absolute atomic E-state index is 14.5. The zero-order valence-corrected chi connectivity index (χ0v) is 18.1. The summed E-state index contributed by atoms with van der Waals surface area (Å²) < 4.78 is 44.7. The van der Waals surface area contributed by atoms with E-state index in [9.17, 15) is 18.4 Å². The Hall–Kier alpha value is -3.67. The van der Waals surface area contributed by atoms with Crippen LogP contribution in [-0.2, 0) is 13.6 Å². The summed E-state index contributed by atoms with van der Waals surface area (Å²) in [5.41, 5.74) is 1.70. The van der Waals surface area contributed by atoms with Gasteiger partial charge in [0.1, 0.15) is 17.6 Å². The monoisotopic (exact) mass is 438 g/mol. The molecule has 3 aromatic heterocycles. The highest BCUT2D eigenvalue weighted by molar-refractivity contribution is 5.87. The fourth-order valence-corrected chi connectivity index (χ4v) is 3.47. The summed E-state index contributed by atoms with van der Waals surface area (Å²) in [5, 5.41) is 13.4. The lowest BCUT2D eigenvalue weighted by atomic mass is 10.0. The van der Waals surface area contributed by atoms with E-state index in [1.807, 2.05) is 42.8 Å². The lowest BCUT2D eigenvalue weighted by Gasteiger charge is -2.26. The largest absolute Gasteiger partial charge is 0.331 e. The minimum Gasteiger partial charge on any atom is -0.331 e. The molecule has 4 aromatic rings. The number of halogens is 3. The first-order valence-corrected chi connectivity index (χ1v) is 9.94. The van der Waals surface area contributed by atoms with Crippen molar-refractivity contribution in [3.05, 3.63) is 54.2 Å². The van der Waals surface area contributed by atoms with Crippen LogP contribution in [0.25, 0.3) is 33.4 Å². The van der Waals surface area contributed by atoms with E-state index in [0.717, 1.165) is 34.0 Å². The van der Waals surface area contributed by atoms with Crippen LogP contribution in [0.1, 0.15) is 25.4 Å². The van der Waals surface area contributed by atoms with E-state index in [1.165, 1.54) is 12.4 Å². The predicted molar refractivity (Wildman–Crippen MR) is 115 cm³/mol. The second-order valence-electron chi connectivity index (χ2n) is 8.14. The molecule has 0 saturated heterocycles. The SMILES string of the molecule is Cc1nc2cc(-c3nc(C#N)ccc3-c3cnn(CC(C)(F)C(C)(F)F)c3)ccc2n1C. The van der Waals surface area contributed by atoms with E-state index in [-0.39, 0.29) is 5.69 Å². The Labute approximate surface area is 183 Å². The molecule has 1 atom stereocenters. The molecule has 0 amide bonds. The number of rotatable bonds is 5. The van der Waals surface area contributed by atoms with E-state index in [0.29, 0.717) is 23.7 Å². The number of fused-ring (bicyclic) bond motifs is 1. The molecule has 0 N–H and O–H groups in total. The molecule has 1 unspecified atom stereocenters. The van der Waals surface area contributed by atoms with Crippen LogP contribution in [0, 0.1) is 18.3 Å². The van der Waals surface area contributed by atoms with Crippen molar-refractivity contribution in [1.82, 2.24) is 24.3 Å². The Morgan fingerprint density at radius 1 is 1.06 bits per heavy atom. The van der Waals surface area contributed by atoms with Crippen LogP contribution in [0.3, 0.4) is 0 Å². The third kappa shape index (κ3) is 3.73. The Morgan fingerprint density at radius 2 is 1.81 bits per heavy atom. The van der Waals surface area contributed by atoms with Gasteiger partial charge in [0.05, 0.1) is 29.5 Å². The van der Waals surface area contributed by atoms with E-state index >= 15 is 0 Å². The molecular formula is C23H21F3N6. The van der Waals surface area contributed by atoms with E-state index in [4.69, 9.17) is 0 Å². The topological polar surface area (TPSA) is 72.3 Å². The van der Waals surface area contributed by atoms with Crippen LogP contribution in [0.2, 0.25) is 0 Å². The van der Waals surface area contributed by atoms with Crippen LogP contribution in [0.4, 0.5) is 13.2 Å². The fourth-order valence-electron chi connectivity index (χ4n) is 3.47. The smallest absolute Gasteiger partial charge is 0.280 e. The lowest BCUT2D eigenvalue weighted by Crippen LogP contribution is -2.42. The second kappa shape index (κ2) is 7.48. The number of nitrogens with zero attached hydrogens (tertiary/aromatic N) is 6. The maximum Gasteiger partial charge on any atom is 0.280 e. The highest BCUT2D eigenvalue weighted by Gasteiger charge is 2.47. The van der Waals surface area contributed by atoms with Crippen LogP contribution >= 0.6 is 0 Å². The van der Waals surface area contributed by atoms with Crippen LogP contribution in [-0.4, -0.2) is 35.9 Å². The molecular weight excluding hydrogens is 417 g/mol. The van der Waals surface area contributed by atoms with Crippen LogP contribution < -0.4 is 0 Å². The van der Waals surface area contributed by atoms with E-state index in [1.54, 1.807) is 12.1 Å². The quantitative estimate of drug-likeness (QED) is 0.437. The molecule has 0 aliphatic heterocycles. The number of alkyl halides is 3. The van der Waals surface area contributed by atoms with Gasteiger partial charge in [-0.25, -0.2) is 23.1 Å². The lowest BCUT2D eigenvalue weighted by molar-refractivity contribution is -0.122. The van der Waals surface area contributed by atoms with Crippen molar-refractivity contribution in [2.24, 2.45) is 7.05 Å². The first-order valence-electron chi connectivity index (χ1n) is 9.94. The zero-order chi connectivity index (χ0) is 23.3. The van der Waals surface area contributed by atoms with Crippen molar-refractivity contribution >= 4 is 11.0 Å². The molecule has 164 valence electrons. The zero-order valence-electron chi connectivity index (χ0n) is 18.1. The van der Waals surface area contributed by atoms with Crippen LogP contribution in [0.15, 0.2) is 42.7 Å². The Kier molecular flexibility index (Phi) is 5.04. The third-order valence-electron chi connectivity index (χ3n) is 5.71. The minimum absolute atomic E-state index is 0.232. The molecule has 3 heterocycles. The molecule has 0 bridgehead atoms. The number of aryl methyl sites for hydroxylation is 2. The van der Waals surface area contributed by atoms with Gasteiger partial charge in [-0.1, -0.05) is 6.07 Å². The van der Waals surface area contributed by atoms with Crippen molar-refractivity contribution < 1.29 is 13.2 Å². The third-order valence-corrected chi connectivity index (χ3v) is 5.71. The number of pyridine rings is 1. The number of hydrogen-bond donors (Lipinski definition) is 0. The Balaban J connectivity index is 1.79. The Morgan fingerprint density at radius 3 is 2.50 bits per heavy atom. The maximum atomic E-state index is 14.5. The summed E-state index contributed by atoms with van der Waals surface area (Å²) in [6, 6.07) is 11.0. The van der Waals surface area contributed by atoms with Gasteiger partial charge in [-0.15, -0.1) is 0 Å². The number of nitriles is 1. The second-order valence-corrected chi connectivity index (χ2v) is 8.14.